The minimum atomic E-state index is -0.208. The molecule has 1 aromatic carbocycles. The van der Waals surface area contributed by atoms with Crippen molar-refractivity contribution in [2.24, 2.45) is 0 Å². The smallest absolute Gasteiger partial charge is 0.274 e. The Kier molecular flexibility index (Phi) is 3.71. The van der Waals surface area contributed by atoms with E-state index in [1.165, 1.54) is 0 Å². The first kappa shape index (κ1) is 13.0. The summed E-state index contributed by atoms with van der Waals surface area (Å²) in [7, 11) is 1.61. The number of nitrogens with two attached hydrogens (primary N) is 1. The van der Waals surface area contributed by atoms with Gasteiger partial charge in [-0.2, -0.15) is 0 Å². The molecule has 0 radical (unpaired) electrons. The Bertz CT molecular complexity index is 659. The lowest BCUT2D eigenvalue weighted by molar-refractivity contribution is 0.415. The van der Waals surface area contributed by atoms with Gasteiger partial charge in [0, 0.05) is 12.1 Å². The van der Waals surface area contributed by atoms with Gasteiger partial charge in [0.25, 0.3) is 5.56 Å². The first-order valence-corrected chi connectivity index (χ1v) is 5.92. The molecule has 1 aromatic heterocycles. The number of aromatic nitrogens is 1. The zero-order chi connectivity index (χ0) is 13.8. The van der Waals surface area contributed by atoms with E-state index in [0.717, 1.165) is 17.0 Å². The lowest BCUT2D eigenvalue weighted by Crippen LogP contribution is -2.23. The predicted molar refractivity (Wildman–Crippen MR) is 77.3 cm³/mol. The first-order valence-electron chi connectivity index (χ1n) is 5.92. The van der Waals surface area contributed by atoms with Crippen LogP contribution in [-0.4, -0.2) is 11.7 Å². The van der Waals surface area contributed by atoms with Crippen molar-refractivity contribution >= 4 is 5.69 Å². The van der Waals surface area contributed by atoms with Crippen LogP contribution in [0.2, 0.25) is 0 Å². The van der Waals surface area contributed by atoms with Gasteiger partial charge in [-0.15, -0.1) is 6.58 Å². The molecule has 0 saturated carbocycles. The predicted octanol–water partition coefficient (Wildman–Crippen LogP) is 2.29. The summed E-state index contributed by atoms with van der Waals surface area (Å²) in [6, 6.07) is 11.0. The fraction of sp³-hybridized carbons (Fsp3) is 0.133. The van der Waals surface area contributed by atoms with E-state index in [-0.39, 0.29) is 11.2 Å². The second-order valence-corrected chi connectivity index (χ2v) is 4.11. The lowest BCUT2D eigenvalue weighted by atomic mass is 10.1. The van der Waals surface area contributed by atoms with Crippen molar-refractivity contribution < 1.29 is 4.74 Å². The molecule has 19 heavy (non-hydrogen) atoms. The van der Waals surface area contributed by atoms with Gasteiger partial charge in [-0.3, -0.25) is 4.79 Å². The molecule has 0 aliphatic rings. The number of hydrogen-bond donors (Lipinski definition) is 1. The van der Waals surface area contributed by atoms with Gasteiger partial charge < -0.3 is 15.0 Å². The normalized spacial score (nSPS) is 10.2. The van der Waals surface area contributed by atoms with E-state index in [9.17, 15) is 4.79 Å². The highest BCUT2D eigenvalue weighted by Gasteiger charge is 2.08. The molecule has 1 heterocycles. The number of benzene rings is 1. The number of nitrogen functional groups attached to an aromatic ring is 1. The molecule has 0 aliphatic heterocycles. The van der Waals surface area contributed by atoms with Gasteiger partial charge in [0.05, 0.1) is 18.5 Å². The number of pyridine rings is 1. The number of rotatable bonds is 4. The summed E-state index contributed by atoms with van der Waals surface area (Å²) in [6.45, 7) is 4.08. The second-order valence-electron chi connectivity index (χ2n) is 4.11. The molecule has 0 amide bonds. The third-order valence-electron chi connectivity index (χ3n) is 2.88. The van der Waals surface area contributed by atoms with Crippen LogP contribution >= 0.6 is 0 Å². The van der Waals surface area contributed by atoms with Crippen molar-refractivity contribution in [3.63, 3.8) is 0 Å². The fourth-order valence-corrected chi connectivity index (χ4v) is 1.94. The molecule has 0 unspecified atom stereocenters. The number of methoxy groups -OCH3 is 1. The summed E-state index contributed by atoms with van der Waals surface area (Å²) in [4.78, 5) is 12.1. The van der Waals surface area contributed by atoms with Crippen molar-refractivity contribution in [1.82, 2.24) is 4.57 Å². The molecule has 0 atom stereocenters. The molecule has 0 bridgehead atoms. The Morgan fingerprint density at radius 2 is 2.16 bits per heavy atom. The Hall–Kier alpha value is -2.49. The van der Waals surface area contributed by atoms with Gasteiger partial charge in [0.1, 0.15) is 5.75 Å². The average molecular weight is 256 g/mol. The highest BCUT2D eigenvalue weighted by atomic mass is 16.5. The van der Waals surface area contributed by atoms with Gasteiger partial charge in [0.15, 0.2) is 0 Å². The Morgan fingerprint density at radius 1 is 1.37 bits per heavy atom. The standard InChI is InChI=1S/C15H16N2O2/c1-3-9-17-14(8-7-13(16)15(17)18)11-5-4-6-12(10-11)19-2/h3-8,10H,1,9,16H2,2H3. The SMILES string of the molecule is C=CCn1c(-c2cccc(OC)c2)ccc(N)c1=O. The van der Waals surface area contributed by atoms with Crippen LogP contribution in [0.1, 0.15) is 0 Å². The summed E-state index contributed by atoms with van der Waals surface area (Å²) >= 11 is 0. The molecule has 4 nitrogen and oxygen atoms in total. The molecular formula is C15H16N2O2. The maximum Gasteiger partial charge on any atom is 0.274 e. The Balaban J connectivity index is 2.64. The van der Waals surface area contributed by atoms with Crippen molar-refractivity contribution in [2.75, 3.05) is 12.8 Å². The molecule has 2 aromatic rings. The molecule has 0 saturated heterocycles. The molecule has 4 heteroatoms. The first-order chi connectivity index (χ1) is 9.17. The van der Waals surface area contributed by atoms with E-state index in [4.69, 9.17) is 10.5 Å². The van der Waals surface area contributed by atoms with Gasteiger partial charge in [0.2, 0.25) is 0 Å². The van der Waals surface area contributed by atoms with Crippen molar-refractivity contribution in [2.45, 2.75) is 6.54 Å². The van der Waals surface area contributed by atoms with Gasteiger partial charge >= 0.3 is 0 Å². The maximum atomic E-state index is 12.1. The van der Waals surface area contributed by atoms with Crippen molar-refractivity contribution in [1.29, 1.82) is 0 Å². The third kappa shape index (κ3) is 2.52. The number of nitrogens with zero attached hydrogens (tertiary/aromatic N) is 1. The summed E-state index contributed by atoms with van der Waals surface area (Å²) in [5, 5.41) is 0. The lowest BCUT2D eigenvalue weighted by Gasteiger charge is -2.12. The Labute approximate surface area is 111 Å². The molecule has 0 aliphatic carbocycles. The van der Waals surface area contributed by atoms with Crippen LogP contribution in [0.15, 0.2) is 53.8 Å². The van der Waals surface area contributed by atoms with Crippen molar-refractivity contribution in [3.8, 4) is 17.0 Å². The minimum Gasteiger partial charge on any atom is -0.497 e. The number of ether oxygens (including phenoxy) is 1. The highest BCUT2D eigenvalue weighted by molar-refractivity contribution is 5.63. The summed E-state index contributed by atoms with van der Waals surface area (Å²) in [6.07, 6.45) is 1.67. The minimum absolute atomic E-state index is 0.208. The molecular weight excluding hydrogens is 240 g/mol. The zero-order valence-corrected chi connectivity index (χ0v) is 10.8. The third-order valence-corrected chi connectivity index (χ3v) is 2.88. The van der Waals surface area contributed by atoms with Crippen LogP contribution in [0.4, 0.5) is 5.69 Å². The Morgan fingerprint density at radius 3 is 2.84 bits per heavy atom. The number of hydrogen-bond acceptors (Lipinski definition) is 3. The summed E-state index contributed by atoms with van der Waals surface area (Å²) < 4.78 is 6.79. The van der Waals surface area contributed by atoms with Crippen LogP contribution in [0, 0.1) is 0 Å². The molecule has 2 N–H and O–H groups in total. The van der Waals surface area contributed by atoms with E-state index in [1.54, 1.807) is 23.8 Å². The van der Waals surface area contributed by atoms with Crippen LogP contribution in [0.3, 0.4) is 0 Å². The molecule has 2 rings (SSSR count). The summed E-state index contributed by atoms with van der Waals surface area (Å²) in [5.74, 6) is 0.743. The largest absolute Gasteiger partial charge is 0.497 e. The van der Waals surface area contributed by atoms with E-state index in [1.807, 2.05) is 30.3 Å². The highest BCUT2D eigenvalue weighted by Crippen LogP contribution is 2.23. The van der Waals surface area contributed by atoms with Gasteiger partial charge in [-0.25, -0.2) is 0 Å². The van der Waals surface area contributed by atoms with E-state index < -0.39 is 0 Å². The van der Waals surface area contributed by atoms with E-state index in [0.29, 0.717) is 6.54 Å². The fourth-order valence-electron chi connectivity index (χ4n) is 1.94. The molecule has 0 spiro atoms. The van der Waals surface area contributed by atoms with Crippen LogP contribution in [0.5, 0.6) is 5.75 Å². The number of allylic oxidation sites excluding steroid dienone is 1. The quantitative estimate of drug-likeness (QED) is 0.854. The van der Waals surface area contributed by atoms with E-state index in [2.05, 4.69) is 6.58 Å². The monoisotopic (exact) mass is 256 g/mol. The molecule has 0 fully saturated rings. The summed E-state index contributed by atoms with van der Waals surface area (Å²) in [5.41, 5.74) is 7.37. The average Bonchev–Trinajstić information content (AvgIpc) is 2.44. The van der Waals surface area contributed by atoms with Crippen molar-refractivity contribution in [3.05, 3.63) is 59.4 Å². The van der Waals surface area contributed by atoms with Crippen LogP contribution in [0.25, 0.3) is 11.3 Å². The van der Waals surface area contributed by atoms with Gasteiger partial charge in [-0.05, 0) is 24.3 Å². The topological polar surface area (TPSA) is 57.2 Å². The second kappa shape index (κ2) is 5.44. The van der Waals surface area contributed by atoms with Crippen LogP contribution < -0.4 is 16.0 Å². The van der Waals surface area contributed by atoms with E-state index >= 15 is 0 Å². The maximum absolute atomic E-state index is 12.1. The van der Waals surface area contributed by atoms with Gasteiger partial charge in [-0.1, -0.05) is 18.2 Å². The van der Waals surface area contributed by atoms with Crippen LogP contribution in [-0.2, 0) is 6.54 Å². The number of anilines is 1. The zero-order valence-electron chi connectivity index (χ0n) is 10.8. The molecule has 98 valence electrons.